The Hall–Kier alpha value is -3.48. The predicted octanol–water partition coefficient (Wildman–Crippen LogP) is 3.27. The summed E-state index contributed by atoms with van der Waals surface area (Å²) in [4.78, 5) is 21.0. The number of carbonyl (C=O) groups excluding carboxylic acids is 1. The van der Waals surface area contributed by atoms with Gasteiger partial charge in [0.05, 0.1) is 5.69 Å². The molecular formula is C24H27N5O2. The van der Waals surface area contributed by atoms with Crippen LogP contribution in [0.25, 0.3) is 11.3 Å². The third kappa shape index (κ3) is 4.66. The molecule has 1 unspecified atom stereocenters. The van der Waals surface area contributed by atoms with Gasteiger partial charge in [0.2, 0.25) is 0 Å². The monoisotopic (exact) mass is 417 g/mol. The molecule has 1 saturated heterocycles. The highest BCUT2D eigenvalue weighted by Gasteiger charge is 2.27. The highest BCUT2D eigenvalue weighted by Crippen LogP contribution is 2.23. The summed E-state index contributed by atoms with van der Waals surface area (Å²) >= 11 is 0. The molecule has 4 rings (SSSR count). The average molecular weight is 418 g/mol. The number of hydrogen-bond donors (Lipinski definition) is 0. The second-order valence-corrected chi connectivity index (χ2v) is 7.79. The predicted molar refractivity (Wildman–Crippen MR) is 120 cm³/mol. The van der Waals surface area contributed by atoms with Crippen molar-refractivity contribution in [2.75, 3.05) is 31.1 Å². The van der Waals surface area contributed by atoms with Crippen LogP contribution in [0.3, 0.4) is 0 Å². The van der Waals surface area contributed by atoms with Crippen molar-refractivity contribution in [3.8, 4) is 17.0 Å². The second kappa shape index (κ2) is 9.12. The topological polar surface area (TPSA) is 71.5 Å². The smallest absolute Gasteiger partial charge is 0.263 e. The van der Waals surface area contributed by atoms with E-state index in [1.165, 1.54) is 0 Å². The van der Waals surface area contributed by atoms with Crippen LogP contribution >= 0.6 is 0 Å². The molecule has 0 aliphatic carbocycles. The summed E-state index contributed by atoms with van der Waals surface area (Å²) in [6.45, 7) is 8.56. The first-order valence-corrected chi connectivity index (χ1v) is 10.5. The van der Waals surface area contributed by atoms with E-state index in [0.29, 0.717) is 26.2 Å². The molecule has 0 N–H and O–H groups in total. The Morgan fingerprint density at radius 3 is 2.48 bits per heavy atom. The Labute approximate surface area is 182 Å². The van der Waals surface area contributed by atoms with Crippen molar-refractivity contribution in [2.24, 2.45) is 0 Å². The molecule has 0 bridgehead atoms. The first-order chi connectivity index (χ1) is 15.0. The zero-order chi connectivity index (χ0) is 21.8. The number of nitrogens with zero attached hydrogens (tertiary/aromatic N) is 5. The van der Waals surface area contributed by atoms with Gasteiger partial charge in [-0.3, -0.25) is 9.78 Å². The fourth-order valence-corrected chi connectivity index (χ4v) is 3.67. The van der Waals surface area contributed by atoms with Gasteiger partial charge < -0.3 is 14.5 Å². The van der Waals surface area contributed by atoms with Crippen LogP contribution in [-0.4, -0.2) is 58.3 Å². The van der Waals surface area contributed by atoms with E-state index in [2.05, 4.69) is 20.1 Å². The molecule has 7 heteroatoms. The van der Waals surface area contributed by atoms with Gasteiger partial charge in [0, 0.05) is 44.1 Å². The Morgan fingerprint density at radius 1 is 1.00 bits per heavy atom. The zero-order valence-electron chi connectivity index (χ0n) is 18.2. The van der Waals surface area contributed by atoms with E-state index in [1.807, 2.05) is 68.1 Å². The lowest BCUT2D eigenvalue weighted by Gasteiger charge is -2.36. The number of amides is 1. The summed E-state index contributed by atoms with van der Waals surface area (Å²) in [7, 11) is 0. The van der Waals surface area contributed by atoms with Crippen LogP contribution in [0.5, 0.6) is 5.75 Å². The summed E-state index contributed by atoms with van der Waals surface area (Å²) in [6.07, 6.45) is 2.99. The fourth-order valence-electron chi connectivity index (χ4n) is 3.67. The van der Waals surface area contributed by atoms with Gasteiger partial charge in [-0.15, -0.1) is 10.2 Å². The van der Waals surface area contributed by atoms with Crippen molar-refractivity contribution in [1.29, 1.82) is 0 Å². The first-order valence-electron chi connectivity index (χ1n) is 10.5. The number of aryl methyl sites for hydroxylation is 1. The van der Waals surface area contributed by atoms with E-state index in [-0.39, 0.29) is 5.91 Å². The van der Waals surface area contributed by atoms with Crippen molar-refractivity contribution in [2.45, 2.75) is 26.9 Å². The molecule has 1 atom stereocenters. The number of anilines is 1. The molecule has 1 fully saturated rings. The lowest BCUT2D eigenvalue weighted by atomic mass is 10.1. The lowest BCUT2D eigenvalue weighted by molar-refractivity contribution is -0.138. The minimum atomic E-state index is -0.523. The quantitative estimate of drug-likeness (QED) is 0.635. The van der Waals surface area contributed by atoms with Crippen LogP contribution in [0.15, 0.2) is 54.9 Å². The number of aromatic nitrogens is 3. The third-order valence-corrected chi connectivity index (χ3v) is 5.73. The molecule has 1 aromatic carbocycles. The molecule has 2 aromatic heterocycles. The van der Waals surface area contributed by atoms with E-state index >= 15 is 0 Å². The maximum absolute atomic E-state index is 12.9. The molecule has 0 radical (unpaired) electrons. The fraction of sp³-hybridized carbons (Fsp3) is 0.333. The zero-order valence-corrected chi connectivity index (χ0v) is 18.2. The molecule has 31 heavy (non-hydrogen) atoms. The van der Waals surface area contributed by atoms with Gasteiger partial charge in [-0.2, -0.15) is 0 Å². The molecule has 0 spiro atoms. The number of hydrogen-bond acceptors (Lipinski definition) is 6. The maximum Gasteiger partial charge on any atom is 0.263 e. The van der Waals surface area contributed by atoms with Gasteiger partial charge in [0.25, 0.3) is 5.91 Å². The van der Waals surface area contributed by atoms with Crippen LogP contribution < -0.4 is 9.64 Å². The van der Waals surface area contributed by atoms with Crippen LogP contribution in [-0.2, 0) is 4.79 Å². The van der Waals surface area contributed by atoms with E-state index in [1.54, 1.807) is 12.4 Å². The van der Waals surface area contributed by atoms with Gasteiger partial charge in [0.1, 0.15) is 5.75 Å². The second-order valence-electron chi connectivity index (χ2n) is 7.79. The van der Waals surface area contributed by atoms with Gasteiger partial charge in [0.15, 0.2) is 11.9 Å². The van der Waals surface area contributed by atoms with Crippen molar-refractivity contribution >= 4 is 11.7 Å². The Morgan fingerprint density at radius 2 is 1.81 bits per heavy atom. The maximum atomic E-state index is 12.9. The number of rotatable bonds is 5. The van der Waals surface area contributed by atoms with Gasteiger partial charge in [-0.25, -0.2) is 0 Å². The number of piperazine rings is 1. The third-order valence-electron chi connectivity index (χ3n) is 5.73. The minimum absolute atomic E-state index is 0.0126. The van der Waals surface area contributed by atoms with Crippen molar-refractivity contribution in [1.82, 2.24) is 20.1 Å². The van der Waals surface area contributed by atoms with Crippen LogP contribution in [0, 0.1) is 13.8 Å². The van der Waals surface area contributed by atoms with E-state index in [9.17, 15) is 4.79 Å². The summed E-state index contributed by atoms with van der Waals surface area (Å²) in [5.74, 6) is 1.60. The van der Waals surface area contributed by atoms with E-state index in [4.69, 9.17) is 4.74 Å². The molecule has 160 valence electrons. The molecule has 1 aliphatic heterocycles. The molecule has 3 heterocycles. The van der Waals surface area contributed by atoms with Gasteiger partial charge in [-0.1, -0.05) is 12.1 Å². The molecular weight excluding hydrogens is 390 g/mol. The molecule has 3 aromatic rings. The van der Waals surface area contributed by atoms with E-state index < -0.39 is 6.10 Å². The Bertz CT molecular complexity index is 1030. The molecule has 0 saturated carbocycles. The van der Waals surface area contributed by atoms with Crippen LogP contribution in [0.4, 0.5) is 5.82 Å². The van der Waals surface area contributed by atoms with Crippen molar-refractivity contribution in [3.63, 3.8) is 0 Å². The summed E-state index contributed by atoms with van der Waals surface area (Å²) in [6, 6.07) is 13.7. The lowest BCUT2D eigenvalue weighted by Crippen LogP contribution is -2.52. The number of benzene rings is 1. The SMILES string of the molecule is Cc1cccc(OC(C)C(=O)N2CCN(c3ccc(-c4cccnc4)nn3)CC2)c1C. The number of carbonyl (C=O) groups is 1. The minimum Gasteiger partial charge on any atom is -0.481 e. The largest absolute Gasteiger partial charge is 0.481 e. The van der Waals surface area contributed by atoms with Crippen LogP contribution in [0.2, 0.25) is 0 Å². The Balaban J connectivity index is 1.33. The normalized spacial score (nSPS) is 14.9. The van der Waals surface area contributed by atoms with Crippen molar-refractivity contribution < 1.29 is 9.53 Å². The highest BCUT2D eigenvalue weighted by atomic mass is 16.5. The Kier molecular flexibility index (Phi) is 6.11. The van der Waals surface area contributed by atoms with Crippen LogP contribution in [0.1, 0.15) is 18.1 Å². The molecule has 1 aliphatic rings. The average Bonchev–Trinajstić information content (AvgIpc) is 2.82. The molecule has 7 nitrogen and oxygen atoms in total. The van der Waals surface area contributed by atoms with Crippen molar-refractivity contribution in [3.05, 3.63) is 66.0 Å². The first kappa shape index (κ1) is 20.8. The van der Waals surface area contributed by atoms with Gasteiger partial charge in [-0.05, 0) is 62.2 Å². The van der Waals surface area contributed by atoms with E-state index in [0.717, 1.165) is 34.0 Å². The standard InChI is InChI=1S/C24H27N5O2/c1-17-6-4-8-22(18(17)2)31-19(3)24(30)29-14-12-28(13-15-29)23-10-9-21(26-27-23)20-7-5-11-25-16-20/h4-11,16,19H,12-15H2,1-3H3. The molecule has 1 amide bonds. The summed E-state index contributed by atoms with van der Waals surface area (Å²) in [5.41, 5.74) is 3.96. The summed E-state index contributed by atoms with van der Waals surface area (Å²) < 4.78 is 5.98. The highest BCUT2D eigenvalue weighted by molar-refractivity contribution is 5.81. The van der Waals surface area contributed by atoms with Gasteiger partial charge >= 0.3 is 0 Å². The number of pyridine rings is 1. The summed E-state index contributed by atoms with van der Waals surface area (Å²) in [5, 5.41) is 8.71. The number of ether oxygens (including phenoxy) is 1.